The molecule has 0 atom stereocenters. The third-order valence-corrected chi connectivity index (χ3v) is 1.80. The zero-order valence-electron chi connectivity index (χ0n) is 7.91. The fourth-order valence-electron chi connectivity index (χ4n) is 1.17. The van der Waals surface area contributed by atoms with Crippen molar-refractivity contribution >= 4 is 0 Å². The van der Waals surface area contributed by atoms with Gasteiger partial charge in [0.2, 0.25) is 5.92 Å². The standard InChI is InChI=1S/C10H9F5/c1-9(11,12)6-7-2-4-8(5-3-7)10(13,14)15/h2-5H,6H2,1H3. The number of hydrogen-bond acceptors (Lipinski definition) is 0. The van der Waals surface area contributed by atoms with E-state index < -0.39 is 24.1 Å². The average Bonchev–Trinajstić information content (AvgIpc) is 2.00. The molecule has 84 valence electrons. The Morgan fingerprint density at radius 1 is 0.933 bits per heavy atom. The van der Waals surface area contributed by atoms with Crippen molar-refractivity contribution in [3.8, 4) is 0 Å². The Hall–Kier alpha value is -1.13. The van der Waals surface area contributed by atoms with Crippen LogP contribution in [0.1, 0.15) is 18.1 Å². The molecule has 0 saturated carbocycles. The van der Waals surface area contributed by atoms with Crippen molar-refractivity contribution in [1.29, 1.82) is 0 Å². The fourth-order valence-corrected chi connectivity index (χ4v) is 1.17. The minimum Gasteiger partial charge on any atom is -0.207 e. The van der Waals surface area contributed by atoms with Crippen molar-refractivity contribution < 1.29 is 22.0 Å². The van der Waals surface area contributed by atoms with Gasteiger partial charge >= 0.3 is 6.18 Å². The minimum absolute atomic E-state index is 0.190. The van der Waals surface area contributed by atoms with E-state index in [0.29, 0.717) is 0 Å². The molecule has 0 radical (unpaired) electrons. The number of halogens is 5. The molecule has 0 aliphatic carbocycles. The molecule has 0 bridgehead atoms. The Kier molecular flexibility index (Phi) is 3.02. The lowest BCUT2D eigenvalue weighted by Gasteiger charge is -2.11. The predicted molar refractivity (Wildman–Crippen MR) is 45.8 cm³/mol. The quantitative estimate of drug-likeness (QED) is 0.668. The Morgan fingerprint density at radius 3 is 1.73 bits per heavy atom. The second kappa shape index (κ2) is 3.79. The highest BCUT2D eigenvalue weighted by molar-refractivity contribution is 5.25. The third kappa shape index (κ3) is 3.85. The molecular weight excluding hydrogens is 215 g/mol. The lowest BCUT2D eigenvalue weighted by Crippen LogP contribution is -2.13. The van der Waals surface area contributed by atoms with Crippen LogP contribution in [0.5, 0.6) is 0 Å². The molecule has 0 nitrogen and oxygen atoms in total. The van der Waals surface area contributed by atoms with Crippen molar-refractivity contribution in [2.45, 2.75) is 25.4 Å². The maximum absolute atomic E-state index is 12.5. The second-order valence-corrected chi connectivity index (χ2v) is 3.44. The summed E-state index contributed by atoms with van der Waals surface area (Å²) in [6, 6.07) is 3.75. The molecule has 0 fully saturated rings. The van der Waals surface area contributed by atoms with Crippen LogP contribution in [0, 0.1) is 0 Å². The van der Waals surface area contributed by atoms with Gasteiger partial charge in [0.05, 0.1) is 5.56 Å². The van der Waals surface area contributed by atoms with Crippen LogP contribution in [-0.4, -0.2) is 5.92 Å². The average molecular weight is 224 g/mol. The van der Waals surface area contributed by atoms with E-state index in [2.05, 4.69) is 0 Å². The summed E-state index contributed by atoms with van der Waals surface area (Å²) < 4.78 is 61.4. The number of hydrogen-bond donors (Lipinski definition) is 0. The highest BCUT2D eigenvalue weighted by Gasteiger charge is 2.30. The van der Waals surface area contributed by atoms with Crippen LogP contribution in [0.4, 0.5) is 22.0 Å². The molecule has 0 spiro atoms. The molecule has 0 aromatic heterocycles. The van der Waals surface area contributed by atoms with Crippen LogP contribution in [0.15, 0.2) is 24.3 Å². The lowest BCUT2D eigenvalue weighted by molar-refractivity contribution is -0.137. The summed E-state index contributed by atoms with van der Waals surface area (Å²) in [4.78, 5) is 0. The Bertz CT molecular complexity index is 317. The molecule has 0 aliphatic rings. The zero-order chi connectivity index (χ0) is 11.7. The summed E-state index contributed by atoms with van der Waals surface area (Å²) in [5, 5.41) is 0. The van der Waals surface area contributed by atoms with E-state index in [0.717, 1.165) is 31.2 Å². The van der Waals surface area contributed by atoms with Crippen molar-refractivity contribution in [3.05, 3.63) is 35.4 Å². The molecule has 1 aromatic carbocycles. The number of benzene rings is 1. The summed E-state index contributed by atoms with van der Waals surface area (Å²) >= 11 is 0. The van der Waals surface area contributed by atoms with Gasteiger partial charge in [0.1, 0.15) is 0 Å². The maximum atomic E-state index is 12.5. The summed E-state index contributed by atoms with van der Waals surface area (Å²) in [5.74, 6) is -2.90. The third-order valence-electron chi connectivity index (χ3n) is 1.80. The van der Waals surface area contributed by atoms with Gasteiger partial charge in [0.15, 0.2) is 0 Å². The number of alkyl halides is 5. The largest absolute Gasteiger partial charge is 0.416 e. The highest BCUT2D eigenvalue weighted by atomic mass is 19.4. The maximum Gasteiger partial charge on any atom is 0.416 e. The topological polar surface area (TPSA) is 0 Å². The van der Waals surface area contributed by atoms with Crippen molar-refractivity contribution in [3.63, 3.8) is 0 Å². The molecular formula is C10H9F5. The molecule has 0 amide bonds. The molecule has 0 aliphatic heterocycles. The van der Waals surface area contributed by atoms with Gasteiger partial charge in [-0.05, 0) is 24.6 Å². The minimum atomic E-state index is -4.42. The molecule has 5 heteroatoms. The molecule has 0 N–H and O–H groups in total. The first-order valence-corrected chi connectivity index (χ1v) is 4.22. The number of rotatable bonds is 2. The Labute approximate surface area is 83.7 Å². The summed E-state index contributed by atoms with van der Waals surface area (Å²) in [7, 11) is 0. The summed E-state index contributed by atoms with van der Waals surface area (Å²) in [5.41, 5.74) is -0.638. The second-order valence-electron chi connectivity index (χ2n) is 3.44. The van der Waals surface area contributed by atoms with Gasteiger partial charge in [0.25, 0.3) is 0 Å². The Morgan fingerprint density at radius 2 is 1.40 bits per heavy atom. The highest BCUT2D eigenvalue weighted by Crippen LogP contribution is 2.29. The lowest BCUT2D eigenvalue weighted by atomic mass is 10.1. The first-order valence-electron chi connectivity index (χ1n) is 4.22. The van der Waals surface area contributed by atoms with Gasteiger partial charge in [-0.1, -0.05) is 12.1 Å². The van der Waals surface area contributed by atoms with Gasteiger partial charge in [-0.3, -0.25) is 0 Å². The van der Waals surface area contributed by atoms with E-state index in [1.807, 2.05) is 0 Å². The smallest absolute Gasteiger partial charge is 0.207 e. The van der Waals surface area contributed by atoms with Crippen LogP contribution in [-0.2, 0) is 12.6 Å². The molecule has 0 unspecified atom stereocenters. The van der Waals surface area contributed by atoms with E-state index in [1.54, 1.807) is 0 Å². The molecule has 15 heavy (non-hydrogen) atoms. The first-order chi connectivity index (χ1) is 6.68. The van der Waals surface area contributed by atoms with Gasteiger partial charge in [-0.25, -0.2) is 8.78 Å². The summed E-state index contributed by atoms with van der Waals surface area (Å²) in [6.07, 6.45) is -4.97. The van der Waals surface area contributed by atoms with Gasteiger partial charge in [-0.2, -0.15) is 13.2 Å². The van der Waals surface area contributed by atoms with E-state index in [9.17, 15) is 22.0 Å². The van der Waals surface area contributed by atoms with Gasteiger partial charge < -0.3 is 0 Å². The van der Waals surface area contributed by atoms with Crippen molar-refractivity contribution in [1.82, 2.24) is 0 Å². The first kappa shape index (κ1) is 11.9. The van der Waals surface area contributed by atoms with E-state index in [-0.39, 0.29) is 5.56 Å². The van der Waals surface area contributed by atoms with Crippen LogP contribution in [0.2, 0.25) is 0 Å². The fraction of sp³-hybridized carbons (Fsp3) is 0.400. The SMILES string of the molecule is CC(F)(F)Cc1ccc(C(F)(F)F)cc1. The zero-order valence-corrected chi connectivity index (χ0v) is 7.91. The van der Waals surface area contributed by atoms with Crippen LogP contribution in [0.3, 0.4) is 0 Å². The summed E-state index contributed by atoms with van der Waals surface area (Å²) in [6.45, 7) is 0.727. The monoisotopic (exact) mass is 224 g/mol. The van der Waals surface area contributed by atoms with Crippen LogP contribution >= 0.6 is 0 Å². The van der Waals surface area contributed by atoms with Crippen LogP contribution < -0.4 is 0 Å². The normalized spacial score (nSPS) is 12.9. The molecule has 0 saturated heterocycles. The Balaban J connectivity index is 2.82. The van der Waals surface area contributed by atoms with Crippen molar-refractivity contribution in [2.75, 3.05) is 0 Å². The van der Waals surface area contributed by atoms with Gasteiger partial charge in [-0.15, -0.1) is 0 Å². The molecule has 1 rings (SSSR count). The van der Waals surface area contributed by atoms with E-state index in [4.69, 9.17) is 0 Å². The predicted octanol–water partition coefficient (Wildman–Crippen LogP) is 3.90. The molecule has 0 heterocycles. The van der Waals surface area contributed by atoms with E-state index in [1.165, 1.54) is 0 Å². The van der Waals surface area contributed by atoms with E-state index >= 15 is 0 Å². The van der Waals surface area contributed by atoms with Gasteiger partial charge in [0, 0.05) is 6.42 Å². The molecule has 1 aromatic rings. The van der Waals surface area contributed by atoms with Crippen molar-refractivity contribution in [2.24, 2.45) is 0 Å². The van der Waals surface area contributed by atoms with Crippen LogP contribution in [0.25, 0.3) is 0 Å².